The summed E-state index contributed by atoms with van der Waals surface area (Å²) in [5.74, 6) is 0.341. The lowest BCUT2D eigenvalue weighted by molar-refractivity contribution is 0.101. The Labute approximate surface area is 116 Å². The second-order valence-corrected chi connectivity index (χ2v) is 5.80. The summed E-state index contributed by atoms with van der Waals surface area (Å²) in [6.45, 7) is 1.93. The number of rotatable bonds is 2. The van der Waals surface area contributed by atoms with Gasteiger partial charge in [-0.3, -0.25) is 4.79 Å². The first-order valence-corrected chi connectivity index (χ1v) is 7.11. The van der Waals surface area contributed by atoms with Gasteiger partial charge in [0, 0.05) is 5.39 Å². The first kappa shape index (κ1) is 11.7. The lowest BCUT2D eigenvalue weighted by Crippen LogP contribution is -1.97. The first-order chi connectivity index (χ1) is 8.66. The number of aryl methyl sites for hydroxylation is 1. The third-order valence-electron chi connectivity index (χ3n) is 2.79. The van der Waals surface area contributed by atoms with Crippen molar-refractivity contribution in [2.24, 2.45) is 0 Å². The van der Waals surface area contributed by atoms with Crippen molar-refractivity contribution in [3.63, 3.8) is 0 Å². The number of fused-ring (bicyclic) bond motifs is 1. The summed E-state index contributed by atoms with van der Waals surface area (Å²) in [6.07, 6.45) is 0. The summed E-state index contributed by atoms with van der Waals surface area (Å²) < 4.78 is 6.51. The minimum absolute atomic E-state index is 0.0504. The fraction of sp³-hybridized carbons (Fsp3) is 0.0714. The van der Waals surface area contributed by atoms with Crippen molar-refractivity contribution in [2.45, 2.75) is 6.92 Å². The Hall–Kier alpha value is -1.39. The van der Waals surface area contributed by atoms with Crippen LogP contribution in [0.15, 0.2) is 44.6 Å². The topological polar surface area (TPSA) is 30.2 Å². The van der Waals surface area contributed by atoms with E-state index in [2.05, 4.69) is 15.9 Å². The summed E-state index contributed by atoms with van der Waals surface area (Å²) in [4.78, 5) is 13.1. The third kappa shape index (κ3) is 1.82. The van der Waals surface area contributed by atoms with E-state index in [0.717, 1.165) is 25.9 Å². The zero-order chi connectivity index (χ0) is 12.7. The number of benzene rings is 1. The van der Waals surface area contributed by atoms with Crippen LogP contribution in [-0.4, -0.2) is 5.78 Å². The van der Waals surface area contributed by atoms with E-state index in [0.29, 0.717) is 5.76 Å². The van der Waals surface area contributed by atoms with Gasteiger partial charge in [-0.05, 0) is 52.0 Å². The summed E-state index contributed by atoms with van der Waals surface area (Å²) in [5, 5.41) is 2.85. The molecule has 0 atom stereocenters. The van der Waals surface area contributed by atoms with Crippen LogP contribution in [0.5, 0.6) is 0 Å². The normalized spacial score (nSPS) is 11.0. The molecular formula is C14H9BrO2S. The predicted octanol–water partition coefficient (Wildman–Crippen LogP) is 4.80. The van der Waals surface area contributed by atoms with E-state index in [4.69, 9.17) is 4.42 Å². The first-order valence-electron chi connectivity index (χ1n) is 5.43. The molecule has 90 valence electrons. The Morgan fingerprint density at radius 2 is 2.17 bits per heavy atom. The van der Waals surface area contributed by atoms with Gasteiger partial charge in [-0.2, -0.15) is 0 Å². The number of ketones is 1. The smallest absolute Gasteiger partial charge is 0.238 e. The number of carbonyl (C=O) groups is 1. The number of furan rings is 1. The van der Waals surface area contributed by atoms with E-state index in [1.165, 1.54) is 11.3 Å². The van der Waals surface area contributed by atoms with Crippen molar-refractivity contribution in [1.82, 2.24) is 0 Å². The molecule has 2 heterocycles. The average molecular weight is 321 g/mol. The van der Waals surface area contributed by atoms with Crippen LogP contribution in [0.25, 0.3) is 11.0 Å². The Morgan fingerprint density at radius 3 is 2.83 bits per heavy atom. The maximum Gasteiger partial charge on any atom is 0.238 e. The molecule has 0 fully saturated rings. The fourth-order valence-corrected chi connectivity index (χ4v) is 3.19. The Bertz CT molecular complexity index is 739. The maximum atomic E-state index is 12.3. The molecule has 0 aliphatic carbocycles. The van der Waals surface area contributed by atoms with Crippen LogP contribution in [0.1, 0.15) is 21.0 Å². The Kier molecular flexibility index (Phi) is 2.84. The summed E-state index contributed by atoms with van der Waals surface area (Å²) >= 11 is 4.87. The van der Waals surface area contributed by atoms with E-state index in [-0.39, 0.29) is 5.78 Å². The standard InChI is InChI=1S/C14H9BrO2S/c1-8-5-6-18-14(8)12(16)11-7-9-3-2-4-10(15)13(9)17-11/h2-7H,1H3. The van der Waals surface area contributed by atoms with Crippen molar-refractivity contribution in [3.05, 3.63) is 56.4 Å². The van der Waals surface area contributed by atoms with Gasteiger partial charge in [-0.25, -0.2) is 0 Å². The van der Waals surface area contributed by atoms with Gasteiger partial charge in [0.05, 0.1) is 9.35 Å². The largest absolute Gasteiger partial charge is 0.451 e. The van der Waals surface area contributed by atoms with Gasteiger partial charge in [0.1, 0.15) is 5.58 Å². The monoisotopic (exact) mass is 320 g/mol. The molecular weight excluding hydrogens is 312 g/mol. The lowest BCUT2D eigenvalue weighted by atomic mass is 10.2. The van der Waals surface area contributed by atoms with Crippen LogP contribution >= 0.6 is 27.3 Å². The van der Waals surface area contributed by atoms with Crippen LogP contribution in [0.2, 0.25) is 0 Å². The molecule has 0 aliphatic rings. The quantitative estimate of drug-likeness (QED) is 0.635. The molecule has 0 N–H and O–H groups in total. The van der Waals surface area contributed by atoms with Crippen molar-refractivity contribution in [1.29, 1.82) is 0 Å². The predicted molar refractivity (Wildman–Crippen MR) is 76.4 cm³/mol. The molecule has 3 aromatic rings. The van der Waals surface area contributed by atoms with Crippen LogP contribution < -0.4 is 0 Å². The van der Waals surface area contributed by atoms with Crippen molar-refractivity contribution >= 4 is 44.0 Å². The van der Waals surface area contributed by atoms with Gasteiger partial charge >= 0.3 is 0 Å². The van der Waals surface area contributed by atoms with Crippen LogP contribution in [-0.2, 0) is 0 Å². The molecule has 3 rings (SSSR count). The molecule has 0 spiro atoms. The molecule has 2 aromatic heterocycles. The van der Waals surface area contributed by atoms with Crippen molar-refractivity contribution in [2.75, 3.05) is 0 Å². The minimum atomic E-state index is -0.0504. The fourth-order valence-electron chi connectivity index (χ4n) is 1.86. The molecule has 0 bridgehead atoms. The number of carbonyl (C=O) groups excluding carboxylic acids is 1. The highest BCUT2D eigenvalue weighted by Crippen LogP contribution is 2.29. The van der Waals surface area contributed by atoms with Crippen molar-refractivity contribution in [3.8, 4) is 0 Å². The van der Waals surface area contributed by atoms with E-state index in [1.807, 2.05) is 36.6 Å². The molecule has 0 saturated carbocycles. The SMILES string of the molecule is Cc1ccsc1C(=O)c1cc2cccc(Br)c2o1. The van der Waals surface area contributed by atoms with Crippen LogP contribution in [0, 0.1) is 6.92 Å². The number of para-hydroxylation sites is 1. The van der Waals surface area contributed by atoms with Gasteiger partial charge in [-0.15, -0.1) is 11.3 Å². The third-order valence-corrected chi connectivity index (χ3v) is 4.43. The van der Waals surface area contributed by atoms with E-state index < -0.39 is 0 Å². The molecule has 18 heavy (non-hydrogen) atoms. The van der Waals surface area contributed by atoms with E-state index in [9.17, 15) is 4.79 Å². The molecule has 0 radical (unpaired) electrons. The highest BCUT2D eigenvalue weighted by atomic mass is 79.9. The molecule has 2 nitrogen and oxygen atoms in total. The van der Waals surface area contributed by atoms with Crippen molar-refractivity contribution < 1.29 is 9.21 Å². The second kappa shape index (κ2) is 4.37. The highest BCUT2D eigenvalue weighted by molar-refractivity contribution is 9.10. The van der Waals surface area contributed by atoms with Gasteiger partial charge in [0.15, 0.2) is 5.76 Å². The lowest BCUT2D eigenvalue weighted by Gasteiger charge is -1.94. The molecule has 0 amide bonds. The number of hydrogen-bond acceptors (Lipinski definition) is 3. The second-order valence-electron chi connectivity index (χ2n) is 4.03. The Morgan fingerprint density at radius 1 is 1.33 bits per heavy atom. The van der Waals surface area contributed by atoms with E-state index >= 15 is 0 Å². The summed E-state index contributed by atoms with van der Waals surface area (Å²) in [7, 11) is 0. The van der Waals surface area contributed by atoms with Crippen LogP contribution in [0.3, 0.4) is 0 Å². The number of thiophene rings is 1. The highest BCUT2D eigenvalue weighted by Gasteiger charge is 2.18. The zero-order valence-electron chi connectivity index (χ0n) is 9.57. The van der Waals surface area contributed by atoms with E-state index in [1.54, 1.807) is 6.07 Å². The molecule has 0 unspecified atom stereocenters. The maximum absolute atomic E-state index is 12.3. The van der Waals surface area contributed by atoms with Gasteiger partial charge in [0.25, 0.3) is 0 Å². The summed E-state index contributed by atoms with van der Waals surface area (Å²) in [5.41, 5.74) is 1.71. The molecule has 0 saturated heterocycles. The molecule has 0 aliphatic heterocycles. The molecule has 1 aromatic carbocycles. The van der Waals surface area contributed by atoms with Gasteiger partial charge in [-0.1, -0.05) is 12.1 Å². The minimum Gasteiger partial charge on any atom is -0.451 e. The van der Waals surface area contributed by atoms with Gasteiger partial charge < -0.3 is 4.42 Å². The number of halogens is 1. The average Bonchev–Trinajstić information content (AvgIpc) is 2.95. The van der Waals surface area contributed by atoms with Crippen LogP contribution in [0.4, 0.5) is 0 Å². The zero-order valence-corrected chi connectivity index (χ0v) is 12.0. The number of hydrogen-bond donors (Lipinski definition) is 0. The summed E-state index contributed by atoms with van der Waals surface area (Å²) in [6, 6.07) is 9.49. The van der Waals surface area contributed by atoms with Gasteiger partial charge in [0.2, 0.25) is 5.78 Å². The molecule has 4 heteroatoms. The Balaban J connectivity index is 2.13.